The van der Waals surface area contributed by atoms with Gasteiger partial charge >= 0.3 is 5.38 Å². The summed E-state index contributed by atoms with van der Waals surface area (Å²) in [7, 11) is 0. The molecular formula is C8H8ClF2NO. The van der Waals surface area contributed by atoms with Crippen molar-refractivity contribution < 1.29 is 13.9 Å². The molecular weight excluding hydrogens is 200 g/mol. The molecule has 1 aromatic heterocycles. The van der Waals surface area contributed by atoms with E-state index in [1.807, 2.05) is 0 Å². The molecule has 0 aliphatic heterocycles. The summed E-state index contributed by atoms with van der Waals surface area (Å²) in [6.07, 6.45) is 0.651. The van der Waals surface area contributed by atoms with E-state index in [1.165, 1.54) is 12.3 Å². The quantitative estimate of drug-likeness (QED) is 0.755. The van der Waals surface area contributed by atoms with Crippen LogP contribution in [0.3, 0.4) is 0 Å². The zero-order chi connectivity index (χ0) is 10.1. The Morgan fingerprint density at radius 2 is 2.15 bits per heavy atom. The molecule has 1 rings (SSSR count). The third-order valence-corrected chi connectivity index (χ3v) is 1.73. The lowest BCUT2D eigenvalue weighted by atomic mass is 10.1. The van der Waals surface area contributed by atoms with E-state index in [1.54, 1.807) is 6.92 Å². The standard InChI is InChI=1S/C8H8ClF2NO/c1-5-2-6(4-12-3-5)7(13)8(9,10)11/h2-4,7,13H,1H3. The van der Waals surface area contributed by atoms with Crippen LogP contribution in [0.25, 0.3) is 0 Å². The van der Waals surface area contributed by atoms with Crippen LogP contribution in [0.15, 0.2) is 18.5 Å². The number of rotatable bonds is 2. The molecule has 0 radical (unpaired) electrons. The van der Waals surface area contributed by atoms with Crippen LogP contribution >= 0.6 is 11.6 Å². The fourth-order valence-electron chi connectivity index (χ4n) is 0.917. The van der Waals surface area contributed by atoms with Crippen molar-refractivity contribution in [2.24, 2.45) is 0 Å². The maximum Gasteiger partial charge on any atom is 0.351 e. The predicted octanol–water partition coefficient (Wildman–Crippen LogP) is 2.26. The van der Waals surface area contributed by atoms with Gasteiger partial charge in [-0.05, 0) is 24.1 Å². The van der Waals surface area contributed by atoms with Crippen molar-refractivity contribution >= 4 is 11.6 Å². The lowest BCUT2D eigenvalue weighted by Gasteiger charge is -2.15. The van der Waals surface area contributed by atoms with Crippen LogP contribution < -0.4 is 0 Å². The first kappa shape index (κ1) is 10.3. The van der Waals surface area contributed by atoms with E-state index < -0.39 is 11.5 Å². The number of aliphatic hydroxyl groups is 1. The van der Waals surface area contributed by atoms with Crippen LogP contribution in [-0.4, -0.2) is 15.5 Å². The molecule has 0 amide bonds. The highest BCUT2D eigenvalue weighted by molar-refractivity contribution is 6.22. The number of pyridine rings is 1. The Balaban J connectivity index is 2.96. The number of alkyl halides is 3. The number of aliphatic hydroxyl groups excluding tert-OH is 1. The first-order valence-electron chi connectivity index (χ1n) is 3.57. The maximum absolute atomic E-state index is 12.4. The molecule has 2 nitrogen and oxygen atoms in total. The molecule has 0 bridgehead atoms. The van der Waals surface area contributed by atoms with E-state index in [9.17, 15) is 8.78 Å². The lowest BCUT2D eigenvalue weighted by molar-refractivity contribution is -0.0426. The minimum Gasteiger partial charge on any atom is -0.381 e. The van der Waals surface area contributed by atoms with Crippen LogP contribution in [-0.2, 0) is 0 Å². The highest BCUT2D eigenvalue weighted by Crippen LogP contribution is 2.34. The van der Waals surface area contributed by atoms with Crippen LogP contribution in [0, 0.1) is 6.92 Å². The second kappa shape index (κ2) is 3.55. The van der Waals surface area contributed by atoms with Gasteiger partial charge in [-0.1, -0.05) is 6.07 Å². The van der Waals surface area contributed by atoms with Crippen molar-refractivity contribution in [3.63, 3.8) is 0 Å². The number of hydrogen-bond acceptors (Lipinski definition) is 2. The van der Waals surface area contributed by atoms with Crippen LogP contribution in [0.5, 0.6) is 0 Å². The van der Waals surface area contributed by atoms with Gasteiger partial charge in [0.1, 0.15) is 0 Å². The number of hydrogen-bond donors (Lipinski definition) is 1. The Bertz CT molecular complexity index is 300. The molecule has 13 heavy (non-hydrogen) atoms. The van der Waals surface area contributed by atoms with Crippen molar-refractivity contribution in [3.8, 4) is 0 Å². The second-order valence-electron chi connectivity index (χ2n) is 2.74. The summed E-state index contributed by atoms with van der Waals surface area (Å²) in [6, 6.07) is 1.41. The van der Waals surface area contributed by atoms with E-state index >= 15 is 0 Å². The van der Waals surface area contributed by atoms with Crippen molar-refractivity contribution in [3.05, 3.63) is 29.6 Å². The highest BCUT2D eigenvalue weighted by Gasteiger charge is 2.36. The average molecular weight is 208 g/mol. The average Bonchev–Trinajstić information content (AvgIpc) is 2.01. The Hall–Kier alpha value is -0.740. The lowest BCUT2D eigenvalue weighted by Crippen LogP contribution is -2.19. The van der Waals surface area contributed by atoms with E-state index in [0.717, 1.165) is 6.20 Å². The first-order chi connectivity index (χ1) is 5.91. The maximum atomic E-state index is 12.4. The Morgan fingerprint density at radius 3 is 2.62 bits per heavy atom. The number of aromatic nitrogens is 1. The monoisotopic (exact) mass is 207 g/mol. The summed E-state index contributed by atoms with van der Waals surface area (Å²) in [5, 5.41) is 5.40. The van der Waals surface area contributed by atoms with E-state index in [4.69, 9.17) is 5.11 Å². The molecule has 1 atom stereocenters. The summed E-state index contributed by atoms with van der Waals surface area (Å²) in [5.74, 6) is 0. The van der Waals surface area contributed by atoms with E-state index in [2.05, 4.69) is 16.6 Å². The number of halogens is 3. The fraction of sp³-hybridized carbons (Fsp3) is 0.375. The number of aryl methyl sites for hydroxylation is 1. The summed E-state index contributed by atoms with van der Waals surface area (Å²) in [5.41, 5.74) is 0.706. The molecule has 5 heteroatoms. The smallest absolute Gasteiger partial charge is 0.351 e. The third-order valence-electron chi connectivity index (χ3n) is 1.52. The summed E-state index contributed by atoms with van der Waals surface area (Å²) in [6.45, 7) is 1.69. The van der Waals surface area contributed by atoms with Gasteiger partial charge in [-0.2, -0.15) is 8.78 Å². The normalized spacial score (nSPS) is 14.2. The molecule has 0 aromatic carbocycles. The summed E-state index contributed by atoms with van der Waals surface area (Å²) >= 11 is 4.66. The second-order valence-corrected chi connectivity index (χ2v) is 3.24. The van der Waals surface area contributed by atoms with Gasteiger partial charge in [-0.15, -0.1) is 0 Å². The predicted molar refractivity (Wildman–Crippen MR) is 44.7 cm³/mol. The highest BCUT2D eigenvalue weighted by atomic mass is 35.5. The Kier molecular flexibility index (Phi) is 2.83. The minimum absolute atomic E-state index is 0.0139. The van der Waals surface area contributed by atoms with Gasteiger partial charge in [0.05, 0.1) is 0 Å². The molecule has 0 spiro atoms. The summed E-state index contributed by atoms with van der Waals surface area (Å²) in [4.78, 5) is 3.67. The van der Waals surface area contributed by atoms with Gasteiger partial charge in [-0.25, -0.2) is 0 Å². The zero-order valence-corrected chi connectivity index (χ0v) is 7.59. The molecule has 0 aliphatic carbocycles. The Morgan fingerprint density at radius 1 is 1.54 bits per heavy atom. The van der Waals surface area contributed by atoms with Crippen molar-refractivity contribution in [1.82, 2.24) is 4.98 Å². The fourth-order valence-corrected chi connectivity index (χ4v) is 1.04. The minimum atomic E-state index is -3.66. The molecule has 0 saturated heterocycles. The molecule has 72 valence electrons. The topological polar surface area (TPSA) is 33.1 Å². The zero-order valence-electron chi connectivity index (χ0n) is 6.84. The van der Waals surface area contributed by atoms with Gasteiger partial charge in [0, 0.05) is 18.0 Å². The summed E-state index contributed by atoms with van der Waals surface area (Å²) < 4.78 is 24.8. The SMILES string of the molecule is Cc1cncc(C(O)C(F)(F)Cl)c1. The molecule has 0 fully saturated rings. The molecule has 0 aliphatic rings. The van der Waals surface area contributed by atoms with Crippen molar-refractivity contribution in [2.75, 3.05) is 0 Å². The van der Waals surface area contributed by atoms with Gasteiger partial charge in [0.25, 0.3) is 0 Å². The number of nitrogens with zero attached hydrogens (tertiary/aromatic N) is 1. The first-order valence-corrected chi connectivity index (χ1v) is 3.95. The molecule has 1 unspecified atom stereocenters. The van der Waals surface area contributed by atoms with Crippen LogP contribution in [0.1, 0.15) is 17.2 Å². The van der Waals surface area contributed by atoms with Crippen molar-refractivity contribution in [1.29, 1.82) is 0 Å². The van der Waals surface area contributed by atoms with Crippen molar-refractivity contribution in [2.45, 2.75) is 18.4 Å². The molecule has 1 aromatic rings. The van der Waals surface area contributed by atoms with E-state index in [-0.39, 0.29) is 5.56 Å². The van der Waals surface area contributed by atoms with Gasteiger partial charge < -0.3 is 5.11 Å². The van der Waals surface area contributed by atoms with E-state index in [0.29, 0.717) is 5.56 Å². The Labute approximate surface area is 79.2 Å². The van der Waals surface area contributed by atoms with Gasteiger partial charge in [0.15, 0.2) is 6.10 Å². The van der Waals surface area contributed by atoms with Gasteiger partial charge in [0.2, 0.25) is 0 Å². The third kappa shape index (κ3) is 2.60. The molecule has 1 heterocycles. The van der Waals surface area contributed by atoms with Gasteiger partial charge in [-0.3, -0.25) is 4.98 Å². The van der Waals surface area contributed by atoms with Crippen LogP contribution in [0.4, 0.5) is 8.78 Å². The largest absolute Gasteiger partial charge is 0.381 e. The van der Waals surface area contributed by atoms with Crippen LogP contribution in [0.2, 0.25) is 0 Å². The molecule has 0 saturated carbocycles. The molecule has 1 N–H and O–H groups in total.